The summed E-state index contributed by atoms with van der Waals surface area (Å²) >= 11 is 1.40. The third-order valence-corrected chi connectivity index (χ3v) is 1.91. The number of aromatic nitrogens is 1. The molecule has 11 heavy (non-hydrogen) atoms. The lowest BCUT2D eigenvalue weighted by molar-refractivity contribution is -0.104. The highest BCUT2D eigenvalue weighted by atomic mass is 32.1. The summed E-state index contributed by atoms with van der Waals surface area (Å²) in [6, 6.07) is 0. The van der Waals surface area contributed by atoms with Crippen LogP contribution >= 0.6 is 11.3 Å². The highest BCUT2D eigenvalue weighted by Crippen LogP contribution is 2.10. The van der Waals surface area contributed by atoms with Crippen molar-refractivity contribution in [2.75, 3.05) is 0 Å². The van der Waals surface area contributed by atoms with E-state index in [1.165, 1.54) is 17.4 Å². The molecule has 0 saturated carbocycles. The van der Waals surface area contributed by atoms with Crippen molar-refractivity contribution in [3.63, 3.8) is 0 Å². The Hall–Kier alpha value is -1.00. The number of hydrogen-bond acceptors (Lipinski definition) is 4. The van der Waals surface area contributed by atoms with E-state index in [0.29, 0.717) is 12.0 Å². The molecule has 0 spiro atoms. The number of thiazole rings is 1. The summed E-state index contributed by atoms with van der Waals surface area (Å²) in [5.41, 5.74) is 0.639. The van der Waals surface area contributed by atoms with E-state index in [1.54, 1.807) is 11.5 Å². The Balaban J connectivity index is 2.72. The van der Waals surface area contributed by atoms with Crippen LogP contribution in [-0.4, -0.2) is 16.4 Å². The molecule has 1 heterocycles. The van der Waals surface area contributed by atoms with Crippen LogP contribution in [0.4, 0.5) is 0 Å². The maximum atomic E-state index is 9.90. The predicted molar refractivity (Wildman–Crippen MR) is 43.1 cm³/mol. The molecule has 0 aliphatic carbocycles. The first kappa shape index (κ1) is 8.10. The van der Waals surface area contributed by atoms with E-state index < -0.39 is 0 Å². The summed E-state index contributed by atoms with van der Waals surface area (Å²) in [6.45, 7) is -0.0502. The van der Waals surface area contributed by atoms with Gasteiger partial charge in [0.05, 0.1) is 12.3 Å². The van der Waals surface area contributed by atoms with Crippen LogP contribution in [0.15, 0.2) is 11.5 Å². The zero-order valence-electron chi connectivity index (χ0n) is 5.73. The molecule has 1 rings (SSSR count). The normalized spacial score (nSPS) is 10.6. The standard InChI is InChI=1S/C7H7NO2S/c9-3-1-2-7-8-6(4-10)5-11-7/h1-3,5,10H,4H2. The van der Waals surface area contributed by atoms with Crippen molar-refractivity contribution in [1.82, 2.24) is 4.98 Å². The second kappa shape index (κ2) is 4.00. The summed E-state index contributed by atoms with van der Waals surface area (Å²) in [5.74, 6) is 0. The van der Waals surface area contributed by atoms with Gasteiger partial charge in [-0.25, -0.2) is 4.98 Å². The van der Waals surface area contributed by atoms with E-state index in [0.717, 1.165) is 5.01 Å². The number of allylic oxidation sites excluding steroid dienone is 1. The van der Waals surface area contributed by atoms with Gasteiger partial charge in [-0.3, -0.25) is 4.79 Å². The smallest absolute Gasteiger partial charge is 0.142 e. The highest BCUT2D eigenvalue weighted by Gasteiger charge is 1.95. The highest BCUT2D eigenvalue weighted by molar-refractivity contribution is 7.10. The van der Waals surface area contributed by atoms with Gasteiger partial charge in [0.25, 0.3) is 0 Å². The summed E-state index contributed by atoms with van der Waals surface area (Å²) in [4.78, 5) is 13.9. The van der Waals surface area contributed by atoms with Crippen LogP contribution in [0.1, 0.15) is 10.7 Å². The maximum absolute atomic E-state index is 9.90. The van der Waals surface area contributed by atoms with Gasteiger partial charge >= 0.3 is 0 Å². The Morgan fingerprint density at radius 2 is 2.55 bits per heavy atom. The first-order chi connectivity index (χ1) is 5.36. The molecule has 3 nitrogen and oxygen atoms in total. The average molecular weight is 169 g/mol. The molecule has 1 aromatic heterocycles. The van der Waals surface area contributed by atoms with E-state index in [-0.39, 0.29) is 6.61 Å². The van der Waals surface area contributed by atoms with E-state index in [1.807, 2.05) is 0 Å². The Labute approximate surface area is 68.0 Å². The van der Waals surface area contributed by atoms with Crippen molar-refractivity contribution in [1.29, 1.82) is 0 Å². The van der Waals surface area contributed by atoms with Gasteiger partial charge in [0.2, 0.25) is 0 Å². The molecule has 58 valence electrons. The summed E-state index contributed by atoms with van der Waals surface area (Å²) in [7, 11) is 0. The molecule has 4 heteroatoms. The van der Waals surface area contributed by atoms with Gasteiger partial charge in [0, 0.05) is 5.38 Å². The fraction of sp³-hybridized carbons (Fsp3) is 0.143. The number of rotatable bonds is 3. The summed E-state index contributed by atoms with van der Waals surface area (Å²) < 4.78 is 0. The summed E-state index contributed by atoms with van der Waals surface area (Å²) in [6.07, 6.45) is 3.68. The van der Waals surface area contributed by atoms with Gasteiger partial charge in [0.1, 0.15) is 11.3 Å². The van der Waals surface area contributed by atoms with Crippen molar-refractivity contribution in [3.05, 3.63) is 22.2 Å². The topological polar surface area (TPSA) is 50.2 Å². The van der Waals surface area contributed by atoms with Gasteiger partial charge in [-0.2, -0.15) is 0 Å². The third kappa shape index (κ3) is 2.25. The lowest BCUT2D eigenvalue weighted by Gasteiger charge is -1.81. The van der Waals surface area contributed by atoms with Gasteiger partial charge < -0.3 is 5.11 Å². The first-order valence-corrected chi connectivity index (χ1v) is 3.92. The SMILES string of the molecule is O=CC=Cc1nc(CO)cs1. The van der Waals surface area contributed by atoms with E-state index in [2.05, 4.69) is 4.98 Å². The minimum absolute atomic E-state index is 0.0502. The molecule has 0 aliphatic heterocycles. The molecule has 0 aromatic carbocycles. The second-order valence-electron chi connectivity index (χ2n) is 1.83. The minimum Gasteiger partial charge on any atom is -0.390 e. The Kier molecular flexibility index (Phi) is 2.95. The molecule has 0 aliphatic rings. The lowest BCUT2D eigenvalue weighted by Crippen LogP contribution is -1.80. The summed E-state index contributed by atoms with van der Waals surface area (Å²) in [5, 5.41) is 11.1. The second-order valence-corrected chi connectivity index (χ2v) is 2.72. The molecule has 1 aromatic rings. The van der Waals surface area contributed by atoms with Crippen LogP contribution < -0.4 is 0 Å². The Bertz CT molecular complexity index is 267. The number of aldehydes is 1. The fourth-order valence-electron chi connectivity index (χ4n) is 0.593. The zero-order valence-corrected chi connectivity index (χ0v) is 6.54. The van der Waals surface area contributed by atoms with E-state index in [4.69, 9.17) is 5.11 Å². The lowest BCUT2D eigenvalue weighted by atomic mass is 10.5. The number of hydrogen-bond donors (Lipinski definition) is 1. The van der Waals surface area contributed by atoms with Crippen molar-refractivity contribution in [3.8, 4) is 0 Å². The van der Waals surface area contributed by atoms with Crippen LogP contribution in [0.3, 0.4) is 0 Å². The molecule has 0 fully saturated rings. The van der Waals surface area contributed by atoms with Crippen LogP contribution in [0.2, 0.25) is 0 Å². The molecule has 0 amide bonds. The zero-order chi connectivity index (χ0) is 8.10. The Morgan fingerprint density at radius 3 is 3.09 bits per heavy atom. The molecular formula is C7H7NO2S. The number of carbonyl (C=O) groups is 1. The Morgan fingerprint density at radius 1 is 1.73 bits per heavy atom. The van der Waals surface area contributed by atoms with Crippen LogP contribution in [0.5, 0.6) is 0 Å². The number of aliphatic hydroxyl groups is 1. The first-order valence-electron chi connectivity index (χ1n) is 3.04. The molecular weight excluding hydrogens is 162 g/mol. The number of nitrogens with zero attached hydrogens (tertiary/aromatic N) is 1. The molecule has 0 unspecified atom stereocenters. The third-order valence-electron chi connectivity index (χ3n) is 1.05. The van der Waals surface area contributed by atoms with Crippen molar-refractivity contribution in [2.24, 2.45) is 0 Å². The number of carbonyl (C=O) groups excluding carboxylic acids is 1. The largest absolute Gasteiger partial charge is 0.390 e. The maximum Gasteiger partial charge on any atom is 0.142 e. The van der Waals surface area contributed by atoms with E-state index in [9.17, 15) is 4.79 Å². The predicted octanol–water partition coefficient (Wildman–Crippen LogP) is 0.847. The van der Waals surface area contributed by atoms with E-state index >= 15 is 0 Å². The van der Waals surface area contributed by atoms with Crippen LogP contribution in [0.25, 0.3) is 6.08 Å². The molecule has 0 radical (unpaired) electrons. The van der Waals surface area contributed by atoms with Gasteiger partial charge in [0.15, 0.2) is 0 Å². The van der Waals surface area contributed by atoms with Crippen molar-refractivity contribution in [2.45, 2.75) is 6.61 Å². The van der Waals surface area contributed by atoms with Crippen LogP contribution in [0, 0.1) is 0 Å². The molecule has 0 saturated heterocycles. The quantitative estimate of drug-likeness (QED) is 0.539. The number of aliphatic hydroxyl groups excluding tert-OH is 1. The average Bonchev–Trinajstić information content (AvgIpc) is 2.48. The van der Waals surface area contributed by atoms with Gasteiger partial charge in [-0.1, -0.05) is 0 Å². The van der Waals surface area contributed by atoms with Gasteiger partial charge in [-0.15, -0.1) is 11.3 Å². The molecule has 1 N–H and O–H groups in total. The molecule has 0 atom stereocenters. The van der Waals surface area contributed by atoms with Crippen molar-refractivity contribution >= 4 is 23.7 Å². The van der Waals surface area contributed by atoms with Gasteiger partial charge in [-0.05, 0) is 12.2 Å². The molecule has 0 bridgehead atoms. The monoisotopic (exact) mass is 169 g/mol. The fourth-order valence-corrected chi connectivity index (χ4v) is 1.30. The van der Waals surface area contributed by atoms with Crippen LogP contribution in [-0.2, 0) is 11.4 Å². The minimum atomic E-state index is -0.0502. The van der Waals surface area contributed by atoms with Crippen molar-refractivity contribution < 1.29 is 9.90 Å².